The van der Waals surface area contributed by atoms with Crippen LogP contribution in [0.3, 0.4) is 0 Å². The minimum atomic E-state index is -0.353. The lowest BCUT2D eigenvalue weighted by Gasteiger charge is -2.23. The van der Waals surface area contributed by atoms with Crippen molar-refractivity contribution in [3.05, 3.63) is 96.1 Å². The van der Waals surface area contributed by atoms with Crippen molar-refractivity contribution < 1.29 is 19.1 Å². The Hall–Kier alpha value is -3.14. The second kappa shape index (κ2) is 8.81. The summed E-state index contributed by atoms with van der Waals surface area (Å²) in [5.74, 6) is -0.769. The topological polar surface area (TPSA) is 52.6 Å². The number of carbonyl (C=O) groups excluding carboxylic acids is 2. The Morgan fingerprint density at radius 2 is 1.04 bits per heavy atom. The molecule has 2 aromatic carbocycles. The molecule has 0 fully saturated rings. The second-order valence-electron chi connectivity index (χ2n) is 6.03. The molecule has 1 aliphatic carbocycles. The zero-order valence-corrected chi connectivity index (χ0v) is 14.3. The molecule has 0 unspecified atom stereocenters. The van der Waals surface area contributed by atoms with Crippen molar-refractivity contribution in [2.75, 3.05) is 13.2 Å². The van der Waals surface area contributed by atoms with Crippen molar-refractivity contribution >= 4 is 11.9 Å². The minimum absolute atomic E-state index is 0.0313. The molecule has 0 bridgehead atoms. The lowest BCUT2D eigenvalue weighted by atomic mass is 9.89. The number of hydrogen-bond donors (Lipinski definition) is 0. The van der Waals surface area contributed by atoms with Crippen LogP contribution in [0, 0.1) is 11.8 Å². The highest BCUT2D eigenvalue weighted by Crippen LogP contribution is 2.21. The highest BCUT2D eigenvalue weighted by Gasteiger charge is 2.22. The van der Waals surface area contributed by atoms with Crippen LogP contribution in [0.25, 0.3) is 0 Å². The maximum absolute atomic E-state index is 12.1. The van der Waals surface area contributed by atoms with E-state index in [4.69, 9.17) is 9.47 Å². The molecule has 0 N–H and O–H groups in total. The van der Waals surface area contributed by atoms with Gasteiger partial charge >= 0.3 is 11.9 Å². The van der Waals surface area contributed by atoms with E-state index in [-0.39, 0.29) is 37.0 Å². The Morgan fingerprint density at radius 3 is 1.42 bits per heavy atom. The van der Waals surface area contributed by atoms with Crippen molar-refractivity contribution in [1.29, 1.82) is 0 Å². The number of carbonyl (C=O) groups is 2. The Labute approximate surface area is 152 Å². The Bertz CT molecular complexity index is 724. The number of hydrogen-bond acceptors (Lipinski definition) is 4. The molecular weight excluding hydrogens is 328 g/mol. The van der Waals surface area contributed by atoms with Gasteiger partial charge in [0.2, 0.25) is 0 Å². The lowest BCUT2D eigenvalue weighted by Crippen LogP contribution is -2.25. The average Bonchev–Trinajstić information content (AvgIpc) is 2.72. The predicted molar refractivity (Wildman–Crippen MR) is 98.7 cm³/mol. The van der Waals surface area contributed by atoms with Crippen LogP contribution in [0.1, 0.15) is 20.7 Å². The molecule has 4 heteroatoms. The summed E-state index contributed by atoms with van der Waals surface area (Å²) < 4.78 is 10.8. The predicted octanol–water partition coefficient (Wildman–Crippen LogP) is 4.06. The van der Waals surface area contributed by atoms with E-state index < -0.39 is 0 Å². The van der Waals surface area contributed by atoms with Crippen molar-refractivity contribution in [2.45, 2.75) is 0 Å². The lowest BCUT2D eigenvalue weighted by molar-refractivity contribution is 0.0324. The van der Waals surface area contributed by atoms with Crippen LogP contribution in [-0.4, -0.2) is 25.2 Å². The van der Waals surface area contributed by atoms with Crippen LogP contribution in [0.5, 0.6) is 0 Å². The molecule has 0 aliphatic heterocycles. The van der Waals surface area contributed by atoms with E-state index in [0.29, 0.717) is 11.1 Å². The fraction of sp³-hybridized carbons (Fsp3) is 0.182. The summed E-state index contributed by atoms with van der Waals surface area (Å²) in [6.45, 7) is 0.476. The third-order valence-corrected chi connectivity index (χ3v) is 4.21. The summed E-state index contributed by atoms with van der Waals surface area (Å²) >= 11 is 0. The van der Waals surface area contributed by atoms with Crippen LogP contribution in [0.4, 0.5) is 0 Å². The molecule has 0 aromatic heterocycles. The monoisotopic (exact) mass is 348 g/mol. The van der Waals surface area contributed by atoms with E-state index >= 15 is 0 Å². The summed E-state index contributed by atoms with van der Waals surface area (Å²) in [5.41, 5.74) is 1.05. The fourth-order valence-electron chi connectivity index (χ4n) is 2.72. The molecule has 2 aromatic rings. The van der Waals surface area contributed by atoms with Gasteiger partial charge in [-0.05, 0) is 24.3 Å². The van der Waals surface area contributed by atoms with Crippen molar-refractivity contribution in [3.63, 3.8) is 0 Å². The van der Waals surface area contributed by atoms with E-state index in [1.54, 1.807) is 48.5 Å². The number of benzene rings is 2. The largest absolute Gasteiger partial charge is 0.461 e. The fourth-order valence-corrected chi connectivity index (χ4v) is 2.72. The second-order valence-corrected chi connectivity index (χ2v) is 6.03. The molecule has 0 spiro atoms. The quantitative estimate of drug-likeness (QED) is 0.739. The smallest absolute Gasteiger partial charge is 0.338 e. The first-order valence-corrected chi connectivity index (χ1v) is 8.53. The number of rotatable bonds is 6. The van der Waals surface area contributed by atoms with Gasteiger partial charge in [0.15, 0.2) is 0 Å². The molecule has 0 amide bonds. The van der Waals surface area contributed by atoms with Gasteiger partial charge < -0.3 is 9.47 Å². The van der Waals surface area contributed by atoms with Gasteiger partial charge in [0.1, 0.15) is 0 Å². The normalized spacial score (nSPS) is 18.3. The standard InChI is InChI=1S/C22H20O4/c23-21(17-9-3-1-4-10-17)25-15-19-13-7-8-14-20(19)16-26-22(24)18-11-5-2-6-12-18/h1-14,19-20H,15-16H2/t19-,20-/m0/s1. The van der Waals surface area contributed by atoms with E-state index in [0.717, 1.165) is 0 Å². The Morgan fingerprint density at radius 1 is 0.654 bits per heavy atom. The summed E-state index contributed by atoms with van der Waals surface area (Å²) in [5, 5.41) is 0. The van der Waals surface area contributed by atoms with Gasteiger partial charge in [-0.1, -0.05) is 60.7 Å². The highest BCUT2D eigenvalue weighted by atomic mass is 16.5. The van der Waals surface area contributed by atoms with Crippen LogP contribution >= 0.6 is 0 Å². The molecule has 0 saturated heterocycles. The van der Waals surface area contributed by atoms with Gasteiger partial charge in [-0.2, -0.15) is 0 Å². The van der Waals surface area contributed by atoms with Gasteiger partial charge in [-0.15, -0.1) is 0 Å². The number of ether oxygens (including phenoxy) is 2. The number of esters is 2. The zero-order valence-electron chi connectivity index (χ0n) is 14.3. The van der Waals surface area contributed by atoms with E-state index in [9.17, 15) is 9.59 Å². The summed E-state index contributed by atoms with van der Waals surface area (Å²) in [6.07, 6.45) is 7.77. The molecule has 4 nitrogen and oxygen atoms in total. The number of allylic oxidation sites excluding steroid dienone is 2. The molecule has 132 valence electrons. The highest BCUT2D eigenvalue weighted by molar-refractivity contribution is 5.89. The third kappa shape index (κ3) is 4.70. The van der Waals surface area contributed by atoms with E-state index in [1.807, 2.05) is 36.4 Å². The average molecular weight is 348 g/mol. The molecule has 0 radical (unpaired) electrons. The first-order valence-electron chi connectivity index (χ1n) is 8.53. The Balaban J connectivity index is 1.53. The maximum Gasteiger partial charge on any atom is 0.338 e. The van der Waals surface area contributed by atoms with Crippen LogP contribution < -0.4 is 0 Å². The van der Waals surface area contributed by atoms with Crippen LogP contribution in [0.15, 0.2) is 85.0 Å². The summed E-state index contributed by atoms with van der Waals surface area (Å²) in [7, 11) is 0. The third-order valence-electron chi connectivity index (χ3n) is 4.21. The Kier molecular flexibility index (Phi) is 5.99. The molecule has 26 heavy (non-hydrogen) atoms. The molecule has 0 saturated carbocycles. The summed E-state index contributed by atoms with van der Waals surface area (Å²) in [6, 6.07) is 17.8. The SMILES string of the molecule is O=C(OC[C@@H]1C=CC=C[C@H]1COC(=O)c1ccccc1)c1ccccc1. The van der Waals surface area contributed by atoms with Gasteiger partial charge in [0.25, 0.3) is 0 Å². The van der Waals surface area contributed by atoms with Gasteiger partial charge in [0.05, 0.1) is 24.3 Å². The first-order chi connectivity index (χ1) is 12.7. The van der Waals surface area contributed by atoms with E-state index in [1.165, 1.54) is 0 Å². The van der Waals surface area contributed by atoms with Gasteiger partial charge in [-0.3, -0.25) is 0 Å². The van der Waals surface area contributed by atoms with Gasteiger partial charge in [0, 0.05) is 11.8 Å². The molecule has 0 heterocycles. The van der Waals surface area contributed by atoms with Gasteiger partial charge in [-0.25, -0.2) is 9.59 Å². The summed E-state index contributed by atoms with van der Waals surface area (Å²) in [4.78, 5) is 24.2. The molecule has 1 aliphatic rings. The van der Waals surface area contributed by atoms with Crippen LogP contribution in [0.2, 0.25) is 0 Å². The molecular formula is C22H20O4. The molecule has 3 rings (SSSR count). The van der Waals surface area contributed by atoms with E-state index in [2.05, 4.69) is 0 Å². The maximum atomic E-state index is 12.1. The molecule has 2 atom stereocenters. The van der Waals surface area contributed by atoms with Crippen molar-refractivity contribution in [3.8, 4) is 0 Å². The zero-order chi connectivity index (χ0) is 18.2. The minimum Gasteiger partial charge on any atom is -0.461 e. The first kappa shape index (κ1) is 17.7. The van der Waals surface area contributed by atoms with Crippen molar-refractivity contribution in [2.24, 2.45) is 11.8 Å². The van der Waals surface area contributed by atoms with Crippen LogP contribution in [-0.2, 0) is 9.47 Å². The van der Waals surface area contributed by atoms with Crippen molar-refractivity contribution in [1.82, 2.24) is 0 Å².